The number of aliphatic hydroxyl groups is 1. The van der Waals surface area contributed by atoms with E-state index in [0.29, 0.717) is 26.4 Å². The topological polar surface area (TPSA) is 57.2 Å². The summed E-state index contributed by atoms with van der Waals surface area (Å²) in [4.78, 5) is 0. The highest BCUT2D eigenvalue weighted by molar-refractivity contribution is 5.26. The van der Waals surface area contributed by atoms with Gasteiger partial charge in [0.15, 0.2) is 0 Å². The second-order valence-electron chi connectivity index (χ2n) is 8.38. The van der Waals surface area contributed by atoms with Crippen molar-refractivity contribution in [1.82, 2.24) is 0 Å². The lowest BCUT2D eigenvalue weighted by Crippen LogP contribution is -2.49. The third-order valence-electron chi connectivity index (χ3n) is 5.93. The van der Waals surface area contributed by atoms with Gasteiger partial charge in [0.1, 0.15) is 24.4 Å². The second kappa shape index (κ2) is 12.6. The van der Waals surface area contributed by atoms with E-state index in [0.717, 1.165) is 22.3 Å². The third-order valence-corrected chi connectivity index (χ3v) is 5.93. The highest BCUT2D eigenvalue weighted by Crippen LogP contribution is 2.24. The van der Waals surface area contributed by atoms with Crippen LogP contribution in [-0.4, -0.2) is 36.1 Å². The van der Waals surface area contributed by atoms with E-state index in [-0.39, 0.29) is 6.61 Å². The van der Waals surface area contributed by atoms with Gasteiger partial charge in [-0.05, 0) is 22.3 Å². The summed E-state index contributed by atoms with van der Waals surface area (Å²) < 4.78 is 24.8. The highest BCUT2D eigenvalue weighted by Gasteiger charge is 2.36. The molecule has 0 radical (unpaired) electrons. The van der Waals surface area contributed by atoms with Gasteiger partial charge in [-0.2, -0.15) is 0 Å². The van der Waals surface area contributed by atoms with Gasteiger partial charge in [0.2, 0.25) is 0 Å². The first-order chi connectivity index (χ1) is 16.7. The van der Waals surface area contributed by atoms with Gasteiger partial charge in [-0.1, -0.05) is 91.0 Å². The molecule has 0 spiro atoms. The van der Waals surface area contributed by atoms with E-state index < -0.39 is 24.4 Å². The van der Waals surface area contributed by atoms with Crippen molar-refractivity contribution in [3.63, 3.8) is 0 Å². The average molecular weight is 461 g/mol. The molecule has 1 heterocycles. The number of benzene rings is 3. The SMILES string of the molecule is C=C[C@@H](OCc1ccccc1)C1OCc2ccccc2COCC(O)[C@H]1OCc1ccccc1. The van der Waals surface area contributed by atoms with Gasteiger partial charge >= 0.3 is 0 Å². The number of hydrogen-bond donors (Lipinski definition) is 1. The van der Waals surface area contributed by atoms with Crippen molar-refractivity contribution in [1.29, 1.82) is 0 Å². The van der Waals surface area contributed by atoms with E-state index in [1.54, 1.807) is 6.08 Å². The van der Waals surface area contributed by atoms with E-state index in [1.165, 1.54) is 0 Å². The molecule has 1 aliphatic heterocycles. The summed E-state index contributed by atoms with van der Waals surface area (Å²) in [6, 6.07) is 27.8. The molecule has 1 aliphatic rings. The highest BCUT2D eigenvalue weighted by atomic mass is 16.6. The fraction of sp³-hybridized carbons (Fsp3) is 0.310. The Balaban J connectivity index is 1.57. The summed E-state index contributed by atoms with van der Waals surface area (Å²) >= 11 is 0. The predicted octanol–water partition coefficient (Wildman–Crippen LogP) is 4.82. The molecule has 0 bridgehead atoms. The fourth-order valence-electron chi connectivity index (χ4n) is 4.04. The lowest BCUT2D eigenvalue weighted by molar-refractivity contribution is -0.180. The Morgan fingerprint density at radius 3 is 2.09 bits per heavy atom. The molecule has 3 aromatic rings. The normalized spacial score (nSPS) is 21.9. The third kappa shape index (κ3) is 6.63. The van der Waals surface area contributed by atoms with Gasteiger partial charge in [0, 0.05) is 0 Å². The van der Waals surface area contributed by atoms with Gasteiger partial charge in [0.05, 0.1) is 33.0 Å². The minimum absolute atomic E-state index is 0.121. The van der Waals surface area contributed by atoms with Gasteiger partial charge in [-0.3, -0.25) is 0 Å². The first kappa shape index (κ1) is 24.3. The smallest absolute Gasteiger partial charge is 0.116 e. The first-order valence-corrected chi connectivity index (χ1v) is 11.6. The maximum Gasteiger partial charge on any atom is 0.116 e. The molecular formula is C29H32O5. The Hall–Kier alpha value is -2.80. The van der Waals surface area contributed by atoms with E-state index in [9.17, 15) is 5.11 Å². The minimum atomic E-state index is -0.901. The zero-order chi connectivity index (χ0) is 23.6. The Morgan fingerprint density at radius 2 is 1.44 bits per heavy atom. The van der Waals surface area contributed by atoms with Crippen molar-refractivity contribution < 1.29 is 24.1 Å². The van der Waals surface area contributed by atoms with Crippen LogP contribution in [0.3, 0.4) is 0 Å². The van der Waals surface area contributed by atoms with Crippen molar-refractivity contribution in [3.8, 4) is 0 Å². The maximum absolute atomic E-state index is 11.1. The molecule has 4 atom stereocenters. The Bertz CT molecular complexity index is 1010. The van der Waals surface area contributed by atoms with Crippen LogP contribution in [0.1, 0.15) is 22.3 Å². The largest absolute Gasteiger partial charge is 0.388 e. The summed E-state index contributed by atoms with van der Waals surface area (Å²) in [5, 5.41) is 11.1. The van der Waals surface area contributed by atoms with Crippen LogP contribution in [0.4, 0.5) is 0 Å². The lowest BCUT2D eigenvalue weighted by atomic mass is 10.0. The summed E-state index contributed by atoms with van der Waals surface area (Å²) in [7, 11) is 0. The van der Waals surface area contributed by atoms with Gasteiger partial charge < -0.3 is 24.1 Å². The van der Waals surface area contributed by atoms with Crippen LogP contribution < -0.4 is 0 Å². The molecule has 0 aromatic heterocycles. The molecule has 0 fully saturated rings. The van der Waals surface area contributed by atoms with Gasteiger partial charge in [0.25, 0.3) is 0 Å². The zero-order valence-corrected chi connectivity index (χ0v) is 19.3. The van der Waals surface area contributed by atoms with Gasteiger partial charge in [-0.25, -0.2) is 0 Å². The molecule has 5 nitrogen and oxygen atoms in total. The van der Waals surface area contributed by atoms with Crippen LogP contribution in [0.15, 0.2) is 97.6 Å². The molecule has 0 amide bonds. The molecule has 2 unspecified atom stereocenters. The Labute approximate surface area is 201 Å². The molecule has 1 N–H and O–H groups in total. The Kier molecular flexibility index (Phi) is 9.02. The Morgan fingerprint density at radius 1 is 0.853 bits per heavy atom. The van der Waals surface area contributed by atoms with Crippen molar-refractivity contribution in [2.45, 2.75) is 50.8 Å². The summed E-state index contributed by atoms with van der Waals surface area (Å²) in [6.07, 6.45) is -0.944. The lowest BCUT2D eigenvalue weighted by Gasteiger charge is -2.35. The summed E-state index contributed by atoms with van der Waals surface area (Å²) in [6.45, 7) is 5.60. The van der Waals surface area contributed by atoms with Crippen molar-refractivity contribution in [2.75, 3.05) is 6.61 Å². The van der Waals surface area contributed by atoms with E-state index in [2.05, 4.69) is 6.58 Å². The van der Waals surface area contributed by atoms with E-state index in [4.69, 9.17) is 18.9 Å². The second-order valence-corrected chi connectivity index (χ2v) is 8.38. The molecule has 3 aromatic carbocycles. The van der Waals surface area contributed by atoms with Crippen molar-refractivity contribution in [3.05, 3.63) is 120 Å². The number of aliphatic hydroxyl groups excluding tert-OH is 1. The molecule has 0 saturated heterocycles. The van der Waals surface area contributed by atoms with Crippen LogP contribution in [0.5, 0.6) is 0 Å². The number of fused-ring (bicyclic) bond motifs is 1. The van der Waals surface area contributed by atoms with Crippen LogP contribution in [0.25, 0.3) is 0 Å². The van der Waals surface area contributed by atoms with Crippen LogP contribution in [0, 0.1) is 0 Å². The first-order valence-electron chi connectivity index (χ1n) is 11.6. The van der Waals surface area contributed by atoms with Crippen LogP contribution >= 0.6 is 0 Å². The number of rotatable bonds is 8. The predicted molar refractivity (Wildman–Crippen MR) is 131 cm³/mol. The van der Waals surface area contributed by atoms with Crippen LogP contribution in [0.2, 0.25) is 0 Å². The number of ether oxygens (including phenoxy) is 4. The molecule has 34 heavy (non-hydrogen) atoms. The van der Waals surface area contributed by atoms with E-state index in [1.807, 2.05) is 84.9 Å². The van der Waals surface area contributed by atoms with Crippen molar-refractivity contribution in [2.24, 2.45) is 0 Å². The number of hydrogen-bond acceptors (Lipinski definition) is 5. The molecular weight excluding hydrogens is 428 g/mol. The summed E-state index contributed by atoms with van der Waals surface area (Å²) in [5.74, 6) is 0. The zero-order valence-electron chi connectivity index (χ0n) is 19.3. The minimum Gasteiger partial charge on any atom is -0.388 e. The summed E-state index contributed by atoms with van der Waals surface area (Å²) in [5.41, 5.74) is 4.14. The van der Waals surface area contributed by atoms with E-state index >= 15 is 0 Å². The van der Waals surface area contributed by atoms with Crippen molar-refractivity contribution >= 4 is 0 Å². The molecule has 4 rings (SSSR count). The fourth-order valence-corrected chi connectivity index (χ4v) is 4.04. The standard InChI is InChI=1S/C29H32O5/c1-2-27(32-17-22-11-5-3-6-12-22)29-28(33-18-23-13-7-4-8-14-23)26(30)21-31-19-24-15-9-10-16-25(24)20-34-29/h2-16,26-30H,1,17-21H2/t26?,27-,28-,29?/m1/s1. The molecule has 0 saturated carbocycles. The molecule has 0 aliphatic carbocycles. The quantitative estimate of drug-likeness (QED) is 0.489. The molecule has 5 heteroatoms. The van der Waals surface area contributed by atoms with Gasteiger partial charge in [-0.15, -0.1) is 6.58 Å². The average Bonchev–Trinajstić information content (AvgIpc) is 2.88. The maximum atomic E-state index is 11.1. The molecule has 178 valence electrons. The monoisotopic (exact) mass is 460 g/mol. The van der Waals surface area contributed by atoms with Crippen LogP contribution in [-0.2, 0) is 45.4 Å².